The van der Waals surface area contributed by atoms with Crippen LogP contribution in [-0.4, -0.2) is 38.0 Å². The number of H-pyrrole nitrogens is 1. The molecule has 3 rings (SSSR count). The quantitative estimate of drug-likeness (QED) is 0.775. The lowest BCUT2D eigenvalue weighted by Crippen LogP contribution is -2.31. The molecule has 6 nitrogen and oxygen atoms in total. The molecule has 0 radical (unpaired) electrons. The minimum absolute atomic E-state index is 0.00455. The van der Waals surface area contributed by atoms with E-state index in [1.807, 2.05) is 50.4 Å². The van der Waals surface area contributed by atoms with Crippen LogP contribution in [-0.2, 0) is 0 Å². The van der Waals surface area contributed by atoms with Crippen LogP contribution in [0.3, 0.4) is 0 Å². The highest BCUT2D eigenvalue weighted by Gasteiger charge is 2.21. The lowest BCUT2D eigenvalue weighted by Gasteiger charge is -2.28. The van der Waals surface area contributed by atoms with Crippen molar-refractivity contribution in [2.24, 2.45) is 0 Å². The molecule has 0 unspecified atom stereocenters. The standard InChI is InChI=1S/C19H21N5O/c1-4-17(14-8-10-20-11-9-14)24(3)19(25)16-7-5-6-15(12-16)18-21-13(2)22-23-18/h5-12,17H,4H2,1-3H3,(H,21,22,23)/t17-/m0/s1. The first-order valence-electron chi connectivity index (χ1n) is 8.26. The first-order chi connectivity index (χ1) is 12.1. The average molecular weight is 335 g/mol. The van der Waals surface area contributed by atoms with Gasteiger partial charge in [0.05, 0.1) is 6.04 Å². The molecule has 3 aromatic rings. The average Bonchev–Trinajstić information content (AvgIpc) is 3.09. The molecule has 0 fully saturated rings. The summed E-state index contributed by atoms with van der Waals surface area (Å²) in [6.07, 6.45) is 4.33. The number of aromatic nitrogens is 4. The lowest BCUT2D eigenvalue weighted by atomic mass is 10.0. The van der Waals surface area contributed by atoms with E-state index in [0.29, 0.717) is 11.4 Å². The summed E-state index contributed by atoms with van der Waals surface area (Å²) in [5, 5.41) is 6.99. The van der Waals surface area contributed by atoms with Crippen LogP contribution >= 0.6 is 0 Å². The fourth-order valence-electron chi connectivity index (χ4n) is 2.93. The van der Waals surface area contributed by atoms with Gasteiger partial charge >= 0.3 is 0 Å². The Morgan fingerprint density at radius 2 is 2.00 bits per heavy atom. The number of amides is 1. The number of carbonyl (C=O) groups is 1. The Bertz CT molecular complexity index is 859. The van der Waals surface area contributed by atoms with Gasteiger partial charge in [0.25, 0.3) is 5.91 Å². The van der Waals surface area contributed by atoms with E-state index in [1.54, 1.807) is 17.3 Å². The van der Waals surface area contributed by atoms with Gasteiger partial charge in [-0.05, 0) is 43.2 Å². The number of aromatic amines is 1. The Morgan fingerprint density at radius 1 is 1.24 bits per heavy atom. The van der Waals surface area contributed by atoms with E-state index in [4.69, 9.17) is 0 Å². The predicted octanol–water partition coefficient (Wildman–Crippen LogP) is 3.40. The zero-order valence-corrected chi connectivity index (χ0v) is 14.6. The molecule has 6 heteroatoms. The van der Waals surface area contributed by atoms with Crippen molar-refractivity contribution in [1.82, 2.24) is 25.1 Å². The zero-order valence-electron chi connectivity index (χ0n) is 14.6. The second-order valence-corrected chi connectivity index (χ2v) is 5.95. The predicted molar refractivity (Wildman–Crippen MR) is 95.9 cm³/mol. The fourth-order valence-corrected chi connectivity index (χ4v) is 2.93. The monoisotopic (exact) mass is 335 g/mol. The summed E-state index contributed by atoms with van der Waals surface area (Å²) in [5.41, 5.74) is 2.52. The molecular formula is C19H21N5O. The maximum Gasteiger partial charge on any atom is 0.254 e. The summed E-state index contributed by atoms with van der Waals surface area (Å²) in [6, 6.07) is 11.3. The van der Waals surface area contributed by atoms with Crippen LogP contribution in [0.4, 0.5) is 0 Å². The molecule has 2 aromatic heterocycles. The molecule has 1 amide bonds. The van der Waals surface area contributed by atoms with Gasteiger partial charge in [0.15, 0.2) is 5.82 Å². The molecule has 0 saturated carbocycles. The normalized spacial score (nSPS) is 12.0. The highest BCUT2D eigenvalue weighted by atomic mass is 16.2. The van der Waals surface area contributed by atoms with Crippen LogP contribution in [0.25, 0.3) is 11.4 Å². The van der Waals surface area contributed by atoms with E-state index >= 15 is 0 Å². The maximum absolute atomic E-state index is 13.0. The van der Waals surface area contributed by atoms with E-state index < -0.39 is 0 Å². The number of benzene rings is 1. The third-order valence-electron chi connectivity index (χ3n) is 4.23. The van der Waals surface area contributed by atoms with Gasteiger partial charge in [-0.3, -0.25) is 14.9 Å². The van der Waals surface area contributed by atoms with Crippen LogP contribution in [0.1, 0.15) is 41.1 Å². The molecular weight excluding hydrogens is 314 g/mol. The van der Waals surface area contributed by atoms with Crippen molar-refractivity contribution in [3.63, 3.8) is 0 Å². The summed E-state index contributed by atoms with van der Waals surface area (Å²) < 4.78 is 0. The highest BCUT2D eigenvalue weighted by molar-refractivity contribution is 5.95. The maximum atomic E-state index is 13.0. The Morgan fingerprint density at radius 3 is 2.64 bits per heavy atom. The van der Waals surface area contributed by atoms with Crippen molar-refractivity contribution < 1.29 is 4.79 Å². The number of carbonyl (C=O) groups excluding carboxylic acids is 1. The van der Waals surface area contributed by atoms with Gasteiger partial charge in [-0.2, -0.15) is 5.10 Å². The molecule has 0 bridgehead atoms. The third kappa shape index (κ3) is 3.57. The van der Waals surface area contributed by atoms with E-state index in [0.717, 1.165) is 23.4 Å². The van der Waals surface area contributed by atoms with Crippen LogP contribution in [0, 0.1) is 6.92 Å². The number of hydrogen-bond donors (Lipinski definition) is 1. The van der Waals surface area contributed by atoms with Gasteiger partial charge in [-0.15, -0.1) is 0 Å². The van der Waals surface area contributed by atoms with Crippen molar-refractivity contribution in [1.29, 1.82) is 0 Å². The largest absolute Gasteiger partial charge is 0.335 e. The van der Waals surface area contributed by atoms with Crippen LogP contribution < -0.4 is 0 Å². The van der Waals surface area contributed by atoms with Gasteiger partial charge in [-0.25, -0.2) is 4.98 Å². The SMILES string of the molecule is CC[C@@H](c1ccncc1)N(C)C(=O)c1cccc(-c2n[nH]c(C)n2)c1. The van der Waals surface area contributed by atoms with E-state index in [2.05, 4.69) is 27.1 Å². The molecule has 0 aliphatic rings. The molecule has 2 heterocycles. The van der Waals surface area contributed by atoms with Crippen LogP contribution in [0.2, 0.25) is 0 Å². The molecule has 0 saturated heterocycles. The van der Waals surface area contributed by atoms with Gasteiger partial charge in [0.1, 0.15) is 5.82 Å². The van der Waals surface area contributed by atoms with Gasteiger partial charge in [0.2, 0.25) is 0 Å². The van der Waals surface area contributed by atoms with E-state index in [-0.39, 0.29) is 11.9 Å². The molecule has 1 atom stereocenters. The topological polar surface area (TPSA) is 74.8 Å². The van der Waals surface area contributed by atoms with Crippen molar-refractivity contribution >= 4 is 5.91 Å². The van der Waals surface area contributed by atoms with E-state index in [1.165, 1.54) is 0 Å². The number of rotatable bonds is 5. The summed E-state index contributed by atoms with van der Waals surface area (Å²) in [6.45, 7) is 3.92. The summed E-state index contributed by atoms with van der Waals surface area (Å²) in [7, 11) is 1.83. The van der Waals surface area contributed by atoms with Gasteiger partial charge < -0.3 is 4.90 Å². The minimum Gasteiger partial charge on any atom is -0.335 e. The molecule has 0 aliphatic heterocycles. The molecule has 1 aromatic carbocycles. The third-order valence-corrected chi connectivity index (χ3v) is 4.23. The van der Waals surface area contributed by atoms with Gasteiger partial charge in [-0.1, -0.05) is 19.1 Å². The first kappa shape index (κ1) is 16.8. The van der Waals surface area contributed by atoms with Crippen molar-refractivity contribution in [2.45, 2.75) is 26.3 Å². The molecule has 0 spiro atoms. The lowest BCUT2D eigenvalue weighted by molar-refractivity contribution is 0.0726. The molecule has 1 N–H and O–H groups in total. The second-order valence-electron chi connectivity index (χ2n) is 5.95. The fraction of sp³-hybridized carbons (Fsp3) is 0.263. The highest BCUT2D eigenvalue weighted by Crippen LogP contribution is 2.25. The first-order valence-corrected chi connectivity index (χ1v) is 8.26. The Hall–Kier alpha value is -3.02. The molecule has 25 heavy (non-hydrogen) atoms. The van der Waals surface area contributed by atoms with Crippen LogP contribution in [0.5, 0.6) is 0 Å². The van der Waals surface area contributed by atoms with Crippen molar-refractivity contribution in [3.05, 3.63) is 65.7 Å². The summed E-state index contributed by atoms with van der Waals surface area (Å²) >= 11 is 0. The Labute approximate surface area is 146 Å². The number of nitrogens with zero attached hydrogens (tertiary/aromatic N) is 4. The zero-order chi connectivity index (χ0) is 17.8. The number of nitrogens with one attached hydrogen (secondary N) is 1. The number of aryl methyl sites for hydroxylation is 1. The minimum atomic E-state index is -0.0298. The Kier molecular flexibility index (Phi) is 4.88. The van der Waals surface area contributed by atoms with E-state index in [9.17, 15) is 4.79 Å². The number of hydrogen-bond acceptors (Lipinski definition) is 4. The van der Waals surface area contributed by atoms with Crippen LogP contribution in [0.15, 0.2) is 48.8 Å². The smallest absolute Gasteiger partial charge is 0.254 e. The summed E-state index contributed by atoms with van der Waals surface area (Å²) in [4.78, 5) is 23.1. The number of pyridine rings is 1. The van der Waals surface area contributed by atoms with Crippen molar-refractivity contribution in [3.8, 4) is 11.4 Å². The molecule has 128 valence electrons. The Balaban J connectivity index is 1.87. The van der Waals surface area contributed by atoms with Gasteiger partial charge in [0, 0.05) is 30.6 Å². The van der Waals surface area contributed by atoms with Crippen molar-refractivity contribution in [2.75, 3.05) is 7.05 Å². The molecule has 0 aliphatic carbocycles. The second kappa shape index (κ2) is 7.25. The summed E-state index contributed by atoms with van der Waals surface area (Å²) in [5.74, 6) is 1.31.